The van der Waals surface area contributed by atoms with Crippen LogP contribution >= 0.6 is 0 Å². The summed E-state index contributed by atoms with van der Waals surface area (Å²) >= 11 is 0. The van der Waals surface area contributed by atoms with Crippen LogP contribution in [0.4, 0.5) is 5.69 Å². The lowest BCUT2D eigenvalue weighted by molar-refractivity contribution is -0.0117. The number of nitrogens with zero attached hydrogens (tertiary/aromatic N) is 4. The smallest absolute Gasteiger partial charge is 0.186 e. The van der Waals surface area contributed by atoms with Crippen molar-refractivity contribution in [3.8, 4) is 6.07 Å². The van der Waals surface area contributed by atoms with Crippen LogP contribution < -0.4 is 5.32 Å². The first kappa shape index (κ1) is 13.7. The van der Waals surface area contributed by atoms with Gasteiger partial charge in [-0.05, 0) is 13.1 Å². The molecule has 0 saturated carbocycles. The summed E-state index contributed by atoms with van der Waals surface area (Å²) in [5.74, 6) is 0. The van der Waals surface area contributed by atoms with Crippen molar-refractivity contribution in [1.29, 1.82) is 5.26 Å². The molecule has 1 saturated heterocycles. The Hall–Kier alpha value is -2.23. The first-order valence-corrected chi connectivity index (χ1v) is 6.97. The molecule has 2 aromatic rings. The van der Waals surface area contributed by atoms with Gasteiger partial charge >= 0.3 is 0 Å². The Bertz CT molecular complexity index is 681. The van der Waals surface area contributed by atoms with Gasteiger partial charge in [0.1, 0.15) is 6.07 Å². The molecule has 1 N–H and O–H groups in total. The van der Waals surface area contributed by atoms with Crippen LogP contribution in [0, 0.1) is 11.3 Å². The number of hydrogen-bond acceptors (Lipinski definition) is 6. The summed E-state index contributed by atoms with van der Waals surface area (Å²) in [5, 5.41) is 21.5. The SMILES string of the molecule is CN1CCOC(CNc2c(C#N)nnc3ccccc23)C1. The lowest BCUT2D eigenvalue weighted by atomic mass is 10.1. The second-order valence-corrected chi connectivity index (χ2v) is 5.19. The van der Waals surface area contributed by atoms with E-state index in [0.29, 0.717) is 12.2 Å². The Labute approximate surface area is 123 Å². The number of aromatic nitrogens is 2. The van der Waals surface area contributed by atoms with E-state index < -0.39 is 0 Å². The molecule has 108 valence electrons. The Kier molecular flexibility index (Phi) is 3.95. The van der Waals surface area contributed by atoms with Crippen LogP contribution in [0.5, 0.6) is 0 Å². The maximum absolute atomic E-state index is 9.22. The Balaban J connectivity index is 1.84. The Morgan fingerprint density at radius 3 is 3.10 bits per heavy atom. The highest BCUT2D eigenvalue weighted by Crippen LogP contribution is 2.23. The van der Waals surface area contributed by atoms with Crippen LogP contribution in [0.2, 0.25) is 0 Å². The summed E-state index contributed by atoms with van der Waals surface area (Å²) in [6, 6.07) is 9.77. The molecule has 1 aliphatic heterocycles. The van der Waals surface area contributed by atoms with E-state index in [2.05, 4.69) is 33.5 Å². The highest BCUT2D eigenvalue weighted by Gasteiger charge is 2.18. The minimum absolute atomic E-state index is 0.113. The molecule has 21 heavy (non-hydrogen) atoms. The fraction of sp³-hybridized carbons (Fsp3) is 0.400. The van der Waals surface area contributed by atoms with Gasteiger partial charge in [-0.2, -0.15) is 5.26 Å². The molecule has 0 amide bonds. The van der Waals surface area contributed by atoms with Crippen LogP contribution in [0.3, 0.4) is 0 Å². The fourth-order valence-electron chi connectivity index (χ4n) is 2.52. The van der Waals surface area contributed by atoms with Crippen LogP contribution in [0.15, 0.2) is 24.3 Å². The van der Waals surface area contributed by atoms with Crippen LogP contribution in [0.25, 0.3) is 10.9 Å². The number of anilines is 1. The largest absolute Gasteiger partial charge is 0.379 e. The number of hydrogen-bond donors (Lipinski definition) is 1. The van der Waals surface area contributed by atoms with E-state index in [9.17, 15) is 5.26 Å². The van der Waals surface area contributed by atoms with E-state index in [-0.39, 0.29) is 6.10 Å². The molecule has 1 fully saturated rings. The van der Waals surface area contributed by atoms with Crippen molar-refractivity contribution in [3.05, 3.63) is 30.0 Å². The van der Waals surface area contributed by atoms with Gasteiger partial charge < -0.3 is 15.0 Å². The molecule has 1 aromatic carbocycles. The maximum Gasteiger partial charge on any atom is 0.186 e. The number of fused-ring (bicyclic) bond motifs is 1. The standard InChI is InChI=1S/C15H17N5O/c1-20-6-7-21-11(10-20)9-17-15-12-4-2-3-5-13(12)18-19-14(15)8-16/h2-5,11H,6-7,9-10H2,1H3,(H,17,18). The van der Waals surface area contributed by atoms with Gasteiger partial charge in [0.25, 0.3) is 0 Å². The molecular weight excluding hydrogens is 266 g/mol. The summed E-state index contributed by atoms with van der Waals surface area (Å²) in [7, 11) is 2.08. The average molecular weight is 283 g/mol. The van der Waals surface area contributed by atoms with E-state index in [1.54, 1.807) is 0 Å². The molecule has 1 atom stereocenters. The molecule has 6 heteroatoms. The summed E-state index contributed by atoms with van der Waals surface area (Å²) in [6.45, 7) is 3.23. The van der Waals surface area contributed by atoms with E-state index in [4.69, 9.17) is 4.74 Å². The minimum atomic E-state index is 0.113. The first-order valence-electron chi connectivity index (χ1n) is 6.97. The van der Waals surface area contributed by atoms with Crippen molar-refractivity contribution in [1.82, 2.24) is 15.1 Å². The van der Waals surface area contributed by atoms with Crippen LogP contribution in [-0.4, -0.2) is 54.5 Å². The molecular formula is C15H17N5O. The van der Waals surface area contributed by atoms with Gasteiger partial charge in [-0.1, -0.05) is 18.2 Å². The molecule has 6 nitrogen and oxygen atoms in total. The van der Waals surface area contributed by atoms with Crippen molar-refractivity contribution < 1.29 is 4.74 Å². The molecule has 1 unspecified atom stereocenters. The highest BCUT2D eigenvalue weighted by molar-refractivity contribution is 5.92. The van der Waals surface area contributed by atoms with Crippen molar-refractivity contribution in [3.63, 3.8) is 0 Å². The lowest BCUT2D eigenvalue weighted by Crippen LogP contribution is -2.43. The fourth-order valence-corrected chi connectivity index (χ4v) is 2.52. The zero-order chi connectivity index (χ0) is 14.7. The van der Waals surface area contributed by atoms with Crippen LogP contribution in [-0.2, 0) is 4.74 Å². The van der Waals surface area contributed by atoms with Gasteiger partial charge in [0.2, 0.25) is 0 Å². The van der Waals surface area contributed by atoms with Crippen molar-refractivity contribution >= 4 is 16.6 Å². The summed E-state index contributed by atoms with van der Waals surface area (Å²) < 4.78 is 5.73. The Morgan fingerprint density at radius 2 is 2.29 bits per heavy atom. The number of nitriles is 1. The predicted molar refractivity (Wildman–Crippen MR) is 80.0 cm³/mol. The second-order valence-electron chi connectivity index (χ2n) is 5.19. The minimum Gasteiger partial charge on any atom is -0.379 e. The molecule has 1 aromatic heterocycles. The quantitative estimate of drug-likeness (QED) is 0.913. The average Bonchev–Trinajstić information content (AvgIpc) is 2.52. The molecule has 0 radical (unpaired) electrons. The van der Waals surface area contributed by atoms with E-state index in [1.165, 1.54) is 0 Å². The third kappa shape index (κ3) is 2.94. The van der Waals surface area contributed by atoms with Crippen molar-refractivity contribution in [2.24, 2.45) is 0 Å². The third-order valence-electron chi connectivity index (χ3n) is 3.62. The maximum atomic E-state index is 9.22. The summed E-state index contributed by atoms with van der Waals surface area (Å²) in [6.07, 6.45) is 0.113. The number of rotatable bonds is 3. The molecule has 0 aliphatic carbocycles. The monoisotopic (exact) mass is 283 g/mol. The van der Waals surface area contributed by atoms with E-state index >= 15 is 0 Å². The normalized spacial score (nSPS) is 19.3. The van der Waals surface area contributed by atoms with Crippen molar-refractivity contribution in [2.45, 2.75) is 6.10 Å². The topological polar surface area (TPSA) is 74.1 Å². The molecule has 0 spiro atoms. The second kappa shape index (κ2) is 6.04. The predicted octanol–water partition coefficient (Wildman–Crippen LogP) is 1.24. The van der Waals surface area contributed by atoms with Crippen molar-refractivity contribution in [2.75, 3.05) is 38.6 Å². The lowest BCUT2D eigenvalue weighted by Gasteiger charge is -2.30. The molecule has 2 heterocycles. The number of likely N-dealkylation sites (N-methyl/N-ethyl adjacent to an activating group) is 1. The zero-order valence-corrected chi connectivity index (χ0v) is 11.9. The summed E-state index contributed by atoms with van der Waals surface area (Å²) in [4.78, 5) is 2.24. The zero-order valence-electron chi connectivity index (χ0n) is 11.9. The number of ether oxygens (including phenoxy) is 1. The highest BCUT2D eigenvalue weighted by atomic mass is 16.5. The third-order valence-corrected chi connectivity index (χ3v) is 3.62. The van der Waals surface area contributed by atoms with Gasteiger partial charge in [0.15, 0.2) is 5.69 Å². The molecule has 1 aliphatic rings. The Morgan fingerprint density at radius 1 is 1.43 bits per heavy atom. The summed E-state index contributed by atoms with van der Waals surface area (Å²) in [5.41, 5.74) is 1.83. The van der Waals surface area contributed by atoms with Gasteiger partial charge in [-0.3, -0.25) is 0 Å². The van der Waals surface area contributed by atoms with Crippen LogP contribution in [0.1, 0.15) is 5.69 Å². The van der Waals surface area contributed by atoms with Gasteiger partial charge in [0, 0.05) is 25.0 Å². The van der Waals surface area contributed by atoms with Gasteiger partial charge in [-0.25, -0.2) is 0 Å². The van der Waals surface area contributed by atoms with E-state index in [1.807, 2.05) is 24.3 Å². The van der Waals surface area contributed by atoms with Gasteiger partial charge in [-0.15, -0.1) is 10.2 Å². The number of nitrogens with one attached hydrogen (secondary N) is 1. The van der Waals surface area contributed by atoms with Gasteiger partial charge in [0.05, 0.1) is 23.9 Å². The molecule has 3 rings (SSSR count). The van der Waals surface area contributed by atoms with E-state index in [0.717, 1.165) is 36.3 Å². The number of morpholine rings is 1. The number of benzene rings is 1. The first-order chi connectivity index (χ1) is 10.3. The molecule has 0 bridgehead atoms.